The summed E-state index contributed by atoms with van der Waals surface area (Å²) in [4.78, 5) is 16.9. The number of carbonyl (C=O) groups excluding carboxylic acids is 1. The van der Waals surface area contributed by atoms with Crippen LogP contribution in [-0.4, -0.2) is 28.6 Å². The fourth-order valence-electron chi connectivity index (χ4n) is 4.37. The zero-order chi connectivity index (χ0) is 25.2. The molecule has 1 N–H and O–H groups in total. The van der Waals surface area contributed by atoms with Crippen molar-refractivity contribution in [3.05, 3.63) is 101 Å². The first-order valence-corrected chi connectivity index (χ1v) is 12.8. The lowest BCUT2D eigenvalue weighted by Gasteiger charge is -2.13. The number of nitrogens with one attached hydrogen (secondary N) is 1. The Balaban J connectivity index is 1.24. The third-order valence-corrected chi connectivity index (χ3v) is 6.24. The number of carbonyl (C=O) groups is 1. The molecule has 0 bridgehead atoms. The summed E-state index contributed by atoms with van der Waals surface area (Å²) in [5.74, 6) is 1.98. The molecule has 1 heterocycles. The molecule has 4 aromatic rings. The summed E-state index contributed by atoms with van der Waals surface area (Å²) < 4.78 is 8.39. The number of fused-ring (bicyclic) bond motifs is 1. The van der Waals surface area contributed by atoms with Crippen molar-refractivity contribution in [2.75, 3.05) is 13.2 Å². The van der Waals surface area contributed by atoms with Crippen molar-refractivity contribution >= 4 is 23.0 Å². The number of imidazole rings is 1. The molecular formula is C31H35N3O2. The van der Waals surface area contributed by atoms with Gasteiger partial charge in [0.25, 0.3) is 0 Å². The molecule has 0 aliphatic heterocycles. The van der Waals surface area contributed by atoms with E-state index in [1.807, 2.05) is 48.5 Å². The predicted molar refractivity (Wildman–Crippen MR) is 147 cm³/mol. The normalized spacial score (nSPS) is 11.3. The highest BCUT2D eigenvalue weighted by molar-refractivity contribution is 5.91. The standard InChI is InChI=1S/C31H35N3O2/c1-24-16-18-29(25(2)23-24)36-22-21-34-28-14-9-8-13-27(28)33-30(34)15-7-4-10-20-32-31(35)19-17-26-11-5-3-6-12-26/h3,5-6,8-9,11-14,16-19,23H,4,7,10,15,20-22H2,1-2H3,(H,32,35)/b19-17+. The van der Waals surface area contributed by atoms with Gasteiger partial charge in [0.1, 0.15) is 18.2 Å². The van der Waals surface area contributed by atoms with Gasteiger partial charge in [-0.25, -0.2) is 4.98 Å². The Labute approximate surface area is 213 Å². The number of benzene rings is 3. The minimum Gasteiger partial charge on any atom is -0.491 e. The molecule has 0 radical (unpaired) electrons. The molecule has 3 aromatic carbocycles. The number of nitrogens with zero attached hydrogens (tertiary/aromatic N) is 2. The smallest absolute Gasteiger partial charge is 0.243 e. The summed E-state index contributed by atoms with van der Waals surface area (Å²) in [6.45, 7) is 6.21. The topological polar surface area (TPSA) is 56.1 Å². The van der Waals surface area contributed by atoms with Crippen LogP contribution >= 0.6 is 0 Å². The molecule has 0 spiro atoms. The first-order chi connectivity index (χ1) is 17.6. The lowest BCUT2D eigenvalue weighted by Crippen LogP contribution is -2.22. The number of hydrogen-bond donors (Lipinski definition) is 1. The van der Waals surface area contributed by atoms with Crippen LogP contribution < -0.4 is 10.1 Å². The van der Waals surface area contributed by atoms with Gasteiger partial charge in [-0.05, 0) is 62.1 Å². The van der Waals surface area contributed by atoms with E-state index >= 15 is 0 Å². The maximum Gasteiger partial charge on any atom is 0.243 e. The van der Waals surface area contributed by atoms with E-state index in [1.54, 1.807) is 6.08 Å². The second kappa shape index (κ2) is 12.7. The molecule has 1 amide bonds. The quantitative estimate of drug-likeness (QED) is 0.192. The number of unbranched alkanes of at least 4 members (excludes halogenated alkanes) is 2. The van der Waals surface area contributed by atoms with Crippen molar-refractivity contribution < 1.29 is 9.53 Å². The Hall–Kier alpha value is -3.86. The molecule has 0 aliphatic carbocycles. The molecule has 1 aromatic heterocycles. The van der Waals surface area contributed by atoms with Gasteiger partial charge in [0.15, 0.2) is 0 Å². The molecule has 5 nitrogen and oxygen atoms in total. The first-order valence-electron chi connectivity index (χ1n) is 12.8. The maximum atomic E-state index is 12.0. The van der Waals surface area contributed by atoms with Crippen LogP contribution in [0.5, 0.6) is 5.75 Å². The van der Waals surface area contributed by atoms with Crippen molar-refractivity contribution in [3.8, 4) is 5.75 Å². The van der Waals surface area contributed by atoms with Gasteiger partial charge in [-0.15, -0.1) is 0 Å². The lowest BCUT2D eigenvalue weighted by molar-refractivity contribution is -0.116. The number of para-hydroxylation sites is 2. The Kier molecular flexibility index (Phi) is 8.92. The van der Waals surface area contributed by atoms with Crippen LogP contribution in [0.2, 0.25) is 0 Å². The van der Waals surface area contributed by atoms with Gasteiger partial charge in [0.2, 0.25) is 5.91 Å². The van der Waals surface area contributed by atoms with Gasteiger partial charge in [-0.2, -0.15) is 0 Å². The van der Waals surface area contributed by atoms with Crippen molar-refractivity contribution in [2.24, 2.45) is 0 Å². The Bertz CT molecular complexity index is 1310. The second-order valence-corrected chi connectivity index (χ2v) is 9.13. The fourth-order valence-corrected chi connectivity index (χ4v) is 4.37. The minimum absolute atomic E-state index is 0.0514. The van der Waals surface area contributed by atoms with E-state index in [0.717, 1.165) is 66.0 Å². The van der Waals surface area contributed by atoms with Gasteiger partial charge in [0, 0.05) is 19.0 Å². The van der Waals surface area contributed by atoms with E-state index < -0.39 is 0 Å². The number of hydrogen-bond acceptors (Lipinski definition) is 3. The van der Waals surface area contributed by atoms with Crippen LogP contribution in [0.3, 0.4) is 0 Å². The van der Waals surface area contributed by atoms with Crippen LogP contribution in [0.15, 0.2) is 78.9 Å². The summed E-state index contributed by atoms with van der Waals surface area (Å²) in [5.41, 5.74) is 5.60. The molecule has 0 saturated heterocycles. The van der Waals surface area contributed by atoms with E-state index in [0.29, 0.717) is 13.2 Å². The van der Waals surface area contributed by atoms with Gasteiger partial charge >= 0.3 is 0 Å². The Morgan fingerprint density at radius 3 is 2.61 bits per heavy atom. The Morgan fingerprint density at radius 2 is 1.78 bits per heavy atom. The minimum atomic E-state index is -0.0514. The van der Waals surface area contributed by atoms with Crippen molar-refractivity contribution in [2.45, 2.75) is 46.1 Å². The average Bonchev–Trinajstić information content (AvgIpc) is 3.24. The fraction of sp³-hybridized carbons (Fsp3) is 0.290. The zero-order valence-electron chi connectivity index (χ0n) is 21.2. The molecule has 0 atom stereocenters. The highest BCUT2D eigenvalue weighted by Crippen LogP contribution is 2.21. The van der Waals surface area contributed by atoms with E-state index in [9.17, 15) is 4.79 Å². The zero-order valence-corrected chi connectivity index (χ0v) is 21.2. The van der Waals surface area contributed by atoms with E-state index in [2.05, 4.69) is 54.1 Å². The third kappa shape index (κ3) is 7.08. The van der Waals surface area contributed by atoms with E-state index in [4.69, 9.17) is 9.72 Å². The molecule has 0 unspecified atom stereocenters. The second-order valence-electron chi connectivity index (χ2n) is 9.13. The molecule has 0 saturated carbocycles. The number of ether oxygens (including phenoxy) is 1. The van der Waals surface area contributed by atoms with Crippen molar-refractivity contribution in [1.29, 1.82) is 0 Å². The number of aryl methyl sites for hydroxylation is 3. The number of amides is 1. The summed E-state index contributed by atoms with van der Waals surface area (Å²) in [5, 5.41) is 2.97. The summed E-state index contributed by atoms with van der Waals surface area (Å²) in [6, 6.07) is 24.4. The largest absolute Gasteiger partial charge is 0.491 e. The first kappa shape index (κ1) is 25.2. The highest BCUT2D eigenvalue weighted by Gasteiger charge is 2.11. The molecular weight excluding hydrogens is 446 g/mol. The molecule has 0 aliphatic rings. The van der Waals surface area contributed by atoms with Gasteiger partial charge < -0.3 is 14.6 Å². The van der Waals surface area contributed by atoms with Crippen LogP contribution in [0.1, 0.15) is 41.8 Å². The van der Waals surface area contributed by atoms with Crippen LogP contribution in [0, 0.1) is 13.8 Å². The van der Waals surface area contributed by atoms with Gasteiger partial charge in [-0.3, -0.25) is 4.79 Å². The van der Waals surface area contributed by atoms with E-state index in [-0.39, 0.29) is 5.91 Å². The summed E-state index contributed by atoms with van der Waals surface area (Å²) in [6.07, 6.45) is 7.34. The van der Waals surface area contributed by atoms with E-state index in [1.165, 1.54) is 5.56 Å². The predicted octanol–water partition coefficient (Wildman–Crippen LogP) is 6.27. The van der Waals surface area contributed by atoms with Crippen molar-refractivity contribution in [3.63, 3.8) is 0 Å². The molecule has 5 heteroatoms. The SMILES string of the molecule is Cc1ccc(OCCn2c(CCCCCNC(=O)/C=C/c3ccccc3)nc3ccccc32)c(C)c1. The number of rotatable bonds is 12. The highest BCUT2D eigenvalue weighted by atomic mass is 16.5. The monoisotopic (exact) mass is 481 g/mol. The third-order valence-electron chi connectivity index (χ3n) is 6.24. The summed E-state index contributed by atoms with van der Waals surface area (Å²) in [7, 11) is 0. The van der Waals surface area contributed by atoms with Crippen LogP contribution in [0.4, 0.5) is 0 Å². The number of aromatic nitrogens is 2. The van der Waals surface area contributed by atoms with Gasteiger partial charge in [0.05, 0.1) is 17.6 Å². The van der Waals surface area contributed by atoms with Crippen LogP contribution in [-0.2, 0) is 17.8 Å². The van der Waals surface area contributed by atoms with Gasteiger partial charge in [-0.1, -0.05) is 66.6 Å². The van der Waals surface area contributed by atoms with Crippen LogP contribution in [0.25, 0.3) is 17.1 Å². The average molecular weight is 482 g/mol. The molecule has 4 rings (SSSR count). The van der Waals surface area contributed by atoms with Crippen molar-refractivity contribution in [1.82, 2.24) is 14.9 Å². The summed E-state index contributed by atoms with van der Waals surface area (Å²) >= 11 is 0. The maximum absolute atomic E-state index is 12.0. The molecule has 36 heavy (non-hydrogen) atoms. The molecule has 0 fully saturated rings. The molecule has 186 valence electrons. The lowest BCUT2D eigenvalue weighted by atomic mass is 10.1. The Morgan fingerprint density at radius 1 is 0.972 bits per heavy atom.